The molecule has 4 heterocycles. The number of β-amino-alcohol motifs (C(OH)–C–C–N with tert-alkyl or cyclic N) is 1. The molecule has 2 aromatic rings. The molecule has 0 saturated carbocycles. The van der Waals surface area contributed by atoms with Gasteiger partial charge in [-0.05, 0) is 56.7 Å². The van der Waals surface area contributed by atoms with E-state index >= 15 is 0 Å². The monoisotopic (exact) mass is 397 g/mol. The summed E-state index contributed by atoms with van der Waals surface area (Å²) < 4.78 is 5.50. The van der Waals surface area contributed by atoms with Crippen molar-refractivity contribution >= 4 is 11.8 Å². The van der Waals surface area contributed by atoms with Crippen LogP contribution in [0, 0.1) is 19.3 Å². The lowest BCUT2D eigenvalue weighted by molar-refractivity contribution is -0.0299. The van der Waals surface area contributed by atoms with Crippen LogP contribution in [0.4, 0.5) is 0 Å². The minimum Gasteiger partial charge on any atom is -0.466 e. The quantitative estimate of drug-likeness (QED) is 0.841. The normalized spacial score (nSPS) is 21.4. The average molecular weight is 397 g/mol. The number of pyridine rings is 1. The molecule has 1 N–H and O–H groups in total. The van der Waals surface area contributed by atoms with Crippen molar-refractivity contribution < 1.29 is 19.1 Å². The molecule has 1 spiro atoms. The van der Waals surface area contributed by atoms with Gasteiger partial charge in [0.15, 0.2) is 0 Å². The van der Waals surface area contributed by atoms with Crippen LogP contribution in [-0.2, 0) is 0 Å². The molecular formula is C22H27N3O4. The fourth-order valence-corrected chi connectivity index (χ4v) is 4.74. The highest BCUT2D eigenvalue weighted by Gasteiger charge is 2.43. The second kappa shape index (κ2) is 7.63. The molecule has 0 radical (unpaired) electrons. The Bertz CT molecular complexity index is 900. The predicted octanol–water partition coefficient (Wildman–Crippen LogP) is 2.42. The van der Waals surface area contributed by atoms with E-state index in [2.05, 4.69) is 4.98 Å². The molecule has 7 nitrogen and oxygen atoms in total. The van der Waals surface area contributed by atoms with Gasteiger partial charge in [0.25, 0.3) is 11.8 Å². The number of aliphatic hydroxyl groups excluding tert-OH is 1. The van der Waals surface area contributed by atoms with Crippen molar-refractivity contribution in [3.63, 3.8) is 0 Å². The van der Waals surface area contributed by atoms with Crippen molar-refractivity contribution in [2.75, 3.05) is 26.2 Å². The first-order valence-corrected chi connectivity index (χ1v) is 10.1. The molecule has 2 amide bonds. The number of piperidine rings is 2. The van der Waals surface area contributed by atoms with Crippen molar-refractivity contribution in [2.24, 2.45) is 5.41 Å². The van der Waals surface area contributed by atoms with Crippen LogP contribution in [0.1, 0.15) is 51.5 Å². The molecule has 2 aliphatic heterocycles. The van der Waals surface area contributed by atoms with Gasteiger partial charge in [-0.1, -0.05) is 0 Å². The SMILES string of the molecule is Cc1cc(C(=O)N2CCC3(CC2)CC(O)CN(C(=O)c2cccnc2)C3)c(C)o1. The van der Waals surface area contributed by atoms with Crippen LogP contribution in [0.5, 0.6) is 0 Å². The first kappa shape index (κ1) is 19.6. The molecule has 2 aliphatic rings. The number of nitrogens with zero attached hydrogens (tertiary/aromatic N) is 3. The zero-order valence-corrected chi connectivity index (χ0v) is 16.9. The lowest BCUT2D eigenvalue weighted by atomic mass is 9.71. The van der Waals surface area contributed by atoms with Crippen LogP contribution in [0.25, 0.3) is 0 Å². The van der Waals surface area contributed by atoms with Gasteiger partial charge < -0.3 is 19.3 Å². The summed E-state index contributed by atoms with van der Waals surface area (Å²) in [7, 11) is 0. The molecule has 1 atom stereocenters. The molecule has 2 aromatic heterocycles. The van der Waals surface area contributed by atoms with Crippen LogP contribution in [-0.4, -0.2) is 64.0 Å². The Morgan fingerprint density at radius 2 is 1.97 bits per heavy atom. The second-order valence-corrected chi connectivity index (χ2v) is 8.40. The number of hydrogen-bond donors (Lipinski definition) is 1. The van der Waals surface area contributed by atoms with Gasteiger partial charge in [-0.2, -0.15) is 0 Å². The molecule has 4 rings (SSSR count). The summed E-state index contributed by atoms with van der Waals surface area (Å²) in [5, 5.41) is 10.5. The van der Waals surface area contributed by atoms with Gasteiger partial charge in [0.05, 0.1) is 17.2 Å². The summed E-state index contributed by atoms with van der Waals surface area (Å²) in [6.07, 6.45) is 4.84. The van der Waals surface area contributed by atoms with Gasteiger partial charge in [-0.3, -0.25) is 14.6 Å². The molecule has 0 aliphatic carbocycles. The van der Waals surface area contributed by atoms with Gasteiger partial charge in [-0.25, -0.2) is 0 Å². The van der Waals surface area contributed by atoms with Crippen molar-refractivity contribution in [2.45, 2.75) is 39.2 Å². The van der Waals surface area contributed by atoms with E-state index in [0.29, 0.717) is 49.5 Å². The number of hydrogen-bond acceptors (Lipinski definition) is 5. The summed E-state index contributed by atoms with van der Waals surface area (Å²) in [5.41, 5.74) is 0.999. The van der Waals surface area contributed by atoms with Crippen LogP contribution in [0.3, 0.4) is 0 Å². The lowest BCUT2D eigenvalue weighted by Gasteiger charge is -2.49. The highest BCUT2D eigenvalue weighted by molar-refractivity contribution is 5.95. The van der Waals surface area contributed by atoms with Crippen molar-refractivity contribution in [3.8, 4) is 0 Å². The number of aromatic nitrogens is 1. The van der Waals surface area contributed by atoms with E-state index in [1.807, 2.05) is 18.7 Å². The number of carbonyl (C=O) groups is 2. The average Bonchev–Trinajstić information content (AvgIpc) is 3.05. The van der Waals surface area contributed by atoms with Gasteiger partial charge in [0, 0.05) is 38.6 Å². The third kappa shape index (κ3) is 3.92. The van der Waals surface area contributed by atoms with Gasteiger partial charge in [0.2, 0.25) is 0 Å². The molecule has 0 aromatic carbocycles. The minimum atomic E-state index is -0.551. The Labute approximate surface area is 170 Å². The maximum absolute atomic E-state index is 12.9. The van der Waals surface area contributed by atoms with Crippen LogP contribution < -0.4 is 0 Å². The third-order valence-electron chi connectivity index (χ3n) is 6.20. The highest BCUT2D eigenvalue weighted by atomic mass is 16.3. The fraction of sp³-hybridized carbons (Fsp3) is 0.500. The minimum absolute atomic E-state index is 0.00569. The first-order valence-electron chi connectivity index (χ1n) is 10.1. The van der Waals surface area contributed by atoms with E-state index in [4.69, 9.17) is 4.42 Å². The van der Waals surface area contributed by atoms with E-state index in [-0.39, 0.29) is 17.2 Å². The third-order valence-corrected chi connectivity index (χ3v) is 6.20. The number of carbonyl (C=O) groups excluding carboxylic acids is 2. The second-order valence-electron chi connectivity index (χ2n) is 8.40. The summed E-state index contributed by atoms with van der Waals surface area (Å²) >= 11 is 0. The molecule has 7 heteroatoms. The number of furan rings is 1. The Morgan fingerprint density at radius 1 is 1.21 bits per heavy atom. The van der Waals surface area contributed by atoms with E-state index < -0.39 is 6.10 Å². The first-order chi connectivity index (χ1) is 13.9. The molecular weight excluding hydrogens is 370 g/mol. The topological polar surface area (TPSA) is 86.9 Å². The van der Waals surface area contributed by atoms with Crippen molar-refractivity contribution in [1.29, 1.82) is 0 Å². The molecule has 0 bridgehead atoms. The van der Waals surface area contributed by atoms with Crippen LogP contribution in [0.15, 0.2) is 35.0 Å². The molecule has 154 valence electrons. The Kier molecular flexibility index (Phi) is 5.17. The van der Waals surface area contributed by atoms with Crippen LogP contribution in [0.2, 0.25) is 0 Å². The summed E-state index contributed by atoms with van der Waals surface area (Å²) in [6.45, 7) is 5.82. The molecule has 2 fully saturated rings. The molecule has 29 heavy (non-hydrogen) atoms. The highest BCUT2D eigenvalue weighted by Crippen LogP contribution is 2.40. The van der Waals surface area contributed by atoms with E-state index in [1.54, 1.807) is 35.5 Å². The van der Waals surface area contributed by atoms with Crippen molar-refractivity contribution in [3.05, 3.63) is 53.2 Å². The maximum atomic E-state index is 12.9. The van der Waals surface area contributed by atoms with Gasteiger partial charge in [-0.15, -0.1) is 0 Å². The Balaban J connectivity index is 1.45. The van der Waals surface area contributed by atoms with Gasteiger partial charge in [0.1, 0.15) is 11.5 Å². The number of likely N-dealkylation sites (tertiary alicyclic amines) is 2. The Morgan fingerprint density at radius 3 is 2.59 bits per heavy atom. The van der Waals surface area contributed by atoms with Gasteiger partial charge >= 0.3 is 0 Å². The summed E-state index contributed by atoms with van der Waals surface area (Å²) in [5.74, 6) is 1.28. The number of amides is 2. The fourth-order valence-electron chi connectivity index (χ4n) is 4.74. The maximum Gasteiger partial charge on any atom is 0.257 e. The van der Waals surface area contributed by atoms with E-state index in [1.165, 1.54) is 0 Å². The standard InChI is InChI=1S/C22H27N3O4/c1-15-10-19(16(2)29-15)21(28)24-8-5-22(6-9-24)11-18(26)13-25(14-22)20(27)17-4-3-7-23-12-17/h3-4,7,10,12,18,26H,5-6,8-9,11,13-14H2,1-2H3. The number of aliphatic hydroxyl groups is 1. The zero-order chi connectivity index (χ0) is 20.6. The number of rotatable bonds is 2. The number of aryl methyl sites for hydroxylation is 2. The van der Waals surface area contributed by atoms with E-state index in [0.717, 1.165) is 18.6 Å². The predicted molar refractivity (Wildman–Crippen MR) is 107 cm³/mol. The molecule has 2 saturated heterocycles. The van der Waals surface area contributed by atoms with Crippen molar-refractivity contribution in [1.82, 2.24) is 14.8 Å². The Hall–Kier alpha value is -2.67. The summed E-state index contributed by atoms with van der Waals surface area (Å²) in [6, 6.07) is 5.28. The van der Waals surface area contributed by atoms with E-state index in [9.17, 15) is 14.7 Å². The van der Waals surface area contributed by atoms with Crippen LogP contribution >= 0.6 is 0 Å². The lowest BCUT2D eigenvalue weighted by Crippen LogP contribution is -2.55. The molecule has 1 unspecified atom stereocenters. The zero-order valence-electron chi connectivity index (χ0n) is 16.9. The smallest absolute Gasteiger partial charge is 0.257 e. The summed E-state index contributed by atoms with van der Waals surface area (Å²) in [4.78, 5) is 33.4. The largest absolute Gasteiger partial charge is 0.466 e.